The highest BCUT2D eigenvalue weighted by Crippen LogP contribution is 2.49. The molecule has 0 fully saturated rings. The van der Waals surface area contributed by atoms with Gasteiger partial charge in [0, 0.05) is 22.2 Å². The first-order valence-electron chi connectivity index (χ1n) is 22.7. The summed E-state index contributed by atoms with van der Waals surface area (Å²) in [6.07, 6.45) is 0. The van der Waals surface area contributed by atoms with Crippen molar-refractivity contribution in [2.24, 2.45) is 0 Å². The van der Waals surface area contributed by atoms with Crippen LogP contribution in [0.25, 0.3) is 110 Å². The molecule has 12 aromatic carbocycles. The second kappa shape index (κ2) is 15.5. The summed E-state index contributed by atoms with van der Waals surface area (Å²) in [5.74, 6) is 0. The molecular formula is C64H41NO. The minimum Gasteiger partial charge on any atom is -0.455 e. The van der Waals surface area contributed by atoms with Crippen molar-refractivity contribution in [1.29, 1.82) is 0 Å². The monoisotopic (exact) mass is 839 g/mol. The van der Waals surface area contributed by atoms with Crippen LogP contribution in [0.1, 0.15) is 0 Å². The van der Waals surface area contributed by atoms with Crippen LogP contribution in [0.3, 0.4) is 0 Å². The van der Waals surface area contributed by atoms with Crippen molar-refractivity contribution in [3.63, 3.8) is 0 Å². The van der Waals surface area contributed by atoms with Gasteiger partial charge in [-0.15, -0.1) is 0 Å². The van der Waals surface area contributed by atoms with Crippen molar-refractivity contribution in [3.8, 4) is 44.5 Å². The van der Waals surface area contributed by atoms with Gasteiger partial charge < -0.3 is 9.32 Å². The Bertz CT molecular complexity index is 3960. The number of rotatable bonds is 7. The van der Waals surface area contributed by atoms with E-state index in [4.69, 9.17) is 4.42 Å². The Morgan fingerprint density at radius 1 is 0.273 bits per heavy atom. The van der Waals surface area contributed by atoms with Crippen molar-refractivity contribution < 1.29 is 4.42 Å². The molecule has 308 valence electrons. The van der Waals surface area contributed by atoms with E-state index in [1.807, 2.05) is 0 Å². The second-order valence-electron chi connectivity index (χ2n) is 17.2. The van der Waals surface area contributed by atoms with E-state index in [0.29, 0.717) is 0 Å². The van der Waals surface area contributed by atoms with Crippen molar-refractivity contribution in [2.75, 3.05) is 4.90 Å². The summed E-state index contributed by atoms with van der Waals surface area (Å²) in [4.78, 5) is 2.44. The fourth-order valence-corrected chi connectivity index (χ4v) is 10.4. The van der Waals surface area contributed by atoms with E-state index in [1.54, 1.807) is 0 Å². The van der Waals surface area contributed by atoms with Gasteiger partial charge in [0.15, 0.2) is 0 Å². The lowest BCUT2D eigenvalue weighted by Crippen LogP contribution is -2.12. The SMILES string of the molecule is c1ccc(-c2ccccc2-c2ccccc2N(c2ccc(-c3ccc4c5ccccc5c5ccccc5c4c3)cc2)c2ccc(-c3ccc4ccccc4c3)c3oc4ccccc4c23)cc1. The number of benzene rings is 12. The highest BCUT2D eigenvalue weighted by atomic mass is 16.3. The molecule has 0 amide bonds. The molecule has 13 rings (SSSR count). The summed E-state index contributed by atoms with van der Waals surface area (Å²) in [7, 11) is 0. The van der Waals surface area contributed by atoms with E-state index in [9.17, 15) is 0 Å². The second-order valence-corrected chi connectivity index (χ2v) is 17.2. The van der Waals surface area contributed by atoms with E-state index in [0.717, 1.165) is 66.8 Å². The molecule has 0 saturated carbocycles. The summed E-state index contributed by atoms with van der Waals surface area (Å²) in [5.41, 5.74) is 14.1. The first-order chi connectivity index (χ1) is 32.7. The zero-order valence-corrected chi connectivity index (χ0v) is 36.0. The predicted molar refractivity (Wildman–Crippen MR) is 280 cm³/mol. The van der Waals surface area contributed by atoms with Gasteiger partial charge in [0.25, 0.3) is 0 Å². The maximum Gasteiger partial charge on any atom is 0.145 e. The lowest BCUT2D eigenvalue weighted by Gasteiger charge is -2.29. The third-order valence-electron chi connectivity index (χ3n) is 13.5. The van der Waals surface area contributed by atoms with E-state index in [-0.39, 0.29) is 0 Å². The maximum atomic E-state index is 6.95. The first kappa shape index (κ1) is 37.8. The Balaban J connectivity index is 1.03. The molecular weight excluding hydrogens is 799 g/mol. The first-order valence-corrected chi connectivity index (χ1v) is 22.7. The van der Waals surface area contributed by atoms with Gasteiger partial charge in [-0.05, 0) is 125 Å². The molecule has 1 heterocycles. The Morgan fingerprint density at radius 3 is 1.59 bits per heavy atom. The van der Waals surface area contributed by atoms with Crippen LogP contribution < -0.4 is 4.90 Å². The molecule has 0 radical (unpaired) electrons. The molecule has 1 aromatic heterocycles. The van der Waals surface area contributed by atoms with E-state index >= 15 is 0 Å². The molecule has 0 aliphatic carbocycles. The predicted octanol–water partition coefficient (Wildman–Crippen LogP) is 18.3. The van der Waals surface area contributed by atoms with Crippen LogP contribution in [0.2, 0.25) is 0 Å². The fourth-order valence-electron chi connectivity index (χ4n) is 10.4. The van der Waals surface area contributed by atoms with Crippen LogP contribution in [0, 0.1) is 0 Å². The smallest absolute Gasteiger partial charge is 0.145 e. The number of anilines is 3. The van der Waals surface area contributed by atoms with Crippen molar-refractivity contribution in [2.45, 2.75) is 0 Å². The number of fused-ring (bicyclic) bond motifs is 10. The Morgan fingerprint density at radius 2 is 0.833 bits per heavy atom. The van der Waals surface area contributed by atoms with Crippen LogP contribution in [0.5, 0.6) is 0 Å². The normalized spacial score (nSPS) is 11.6. The van der Waals surface area contributed by atoms with Gasteiger partial charge in [-0.3, -0.25) is 0 Å². The Hall–Kier alpha value is -8.72. The van der Waals surface area contributed by atoms with Gasteiger partial charge in [0.1, 0.15) is 11.2 Å². The van der Waals surface area contributed by atoms with Gasteiger partial charge in [0.05, 0.1) is 16.8 Å². The van der Waals surface area contributed by atoms with E-state index in [1.165, 1.54) is 59.8 Å². The molecule has 0 bridgehead atoms. The molecule has 13 aromatic rings. The minimum atomic E-state index is 0.858. The molecule has 0 atom stereocenters. The molecule has 66 heavy (non-hydrogen) atoms. The van der Waals surface area contributed by atoms with Crippen LogP contribution in [-0.4, -0.2) is 0 Å². The van der Waals surface area contributed by atoms with E-state index < -0.39 is 0 Å². The Kier molecular flexibility index (Phi) is 8.89. The van der Waals surface area contributed by atoms with Crippen LogP contribution in [0.4, 0.5) is 17.1 Å². The average molecular weight is 840 g/mol. The zero-order chi connectivity index (χ0) is 43.6. The molecule has 0 aliphatic heterocycles. The quantitative estimate of drug-likeness (QED) is 0.149. The topological polar surface area (TPSA) is 16.4 Å². The average Bonchev–Trinajstić information content (AvgIpc) is 3.79. The standard InChI is InChI=1S/C64H41NO/c1-2-17-44(18-3-1)49-20-6-7-21-51(49)57-26-12-14-28-60(57)65(61-39-38-50(47-31-30-42-16-4-5-19-45(42)40-47)64-63(61)58-27-13-15-29-62(58)66-64)48-35-32-43(33-36-48)46-34-37-56-54-24-9-8-22-52(54)53-23-10-11-25-55(53)59(56)41-46/h1-41H. The van der Waals surface area contributed by atoms with Crippen molar-refractivity contribution >= 4 is 82.1 Å². The number of nitrogens with zero attached hydrogens (tertiary/aromatic N) is 1. The number of furan rings is 1. The van der Waals surface area contributed by atoms with Gasteiger partial charge in [0.2, 0.25) is 0 Å². The van der Waals surface area contributed by atoms with Gasteiger partial charge >= 0.3 is 0 Å². The summed E-state index contributed by atoms with van der Waals surface area (Å²) in [5, 5.41) is 12.2. The summed E-state index contributed by atoms with van der Waals surface area (Å²) in [6.45, 7) is 0. The maximum absolute atomic E-state index is 6.95. The third kappa shape index (κ3) is 6.18. The molecule has 2 heteroatoms. The van der Waals surface area contributed by atoms with Gasteiger partial charge in [-0.2, -0.15) is 0 Å². The lowest BCUT2D eigenvalue weighted by molar-refractivity contribution is 0.670. The molecule has 0 aliphatic rings. The number of hydrogen-bond acceptors (Lipinski definition) is 2. The van der Waals surface area contributed by atoms with Crippen LogP contribution >= 0.6 is 0 Å². The Labute approximate surface area is 382 Å². The minimum absolute atomic E-state index is 0.858. The largest absolute Gasteiger partial charge is 0.455 e. The lowest BCUT2D eigenvalue weighted by atomic mass is 9.92. The summed E-state index contributed by atoms with van der Waals surface area (Å²) >= 11 is 0. The van der Waals surface area contributed by atoms with Crippen molar-refractivity contribution in [3.05, 3.63) is 249 Å². The summed E-state index contributed by atoms with van der Waals surface area (Å²) in [6, 6.07) is 90.2. The molecule has 2 nitrogen and oxygen atoms in total. The van der Waals surface area contributed by atoms with Gasteiger partial charge in [-0.25, -0.2) is 0 Å². The molecule has 0 N–H and O–H groups in total. The fraction of sp³-hybridized carbons (Fsp3) is 0. The number of hydrogen-bond donors (Lipinski definition) is 0. The number of para-hydroxylation sites is 2. The summed E-state index contributed by atoms with van der Waals surface area (Å²) < 4.78 is 6.95. The molecule has 0 unspecified atom stereocenters. The van der Waals surface area contributed by atoms with Crippen LogP contribution in [-0.2, 0) is 0 Å². The van der Waals surface area contributed by atoms with Crippen LogP contribution in [0.15, 0.2) is 253 Å². The van der Waals surface area contributed by atoms with Crippen molar-refractivity contribution in [1.82, 2.24) is 0 Å². The highest BCUT2D eigenvalue weighted by Gasteiger charge is 2.25. The molecule has 0 saturated heterocycles. The zero-order valence-electron chi connectivity index (χ0n) is 36.0. The highest BCUT2D eigenvalue weighted by molar-refractivity contribution is 6.26. The van der Waals surface area contributed by atoms with E-state index in [2.05, 4.69) is 254 Å². The van der Waals surface area contributed by atoms with Gasteiger partial charge in [-0.1, -0.05) is 200 Å². The molecule has 0 spiro atoms. The third-order valence-corrected chi connectivity index (χ3v) is 13.5.